The summed E-state index contributed by atoms with van der Waals surface area (Å²) in [5, 5.41) is 0. The number of amides is 1. The van der Waals surface area contributed by atoms with Crippen molar-refractivity contribution in [2.24, 2.45) is 0 Å². The van der Waals surface area contributed by atoms with Gasteiger partial charge in [-0.2, -0.15) is 0 Å². The minimum Gasteiger partial charge on any atom is -0.379 e. The number of rotatable bonds is 2. The Kier molecular flexibility index (Phi) is 3.34. The number of hydrogen-bond acceptors (Lipinski definition) is 3. The molecule has 1 aromatic rings. The highest BCUT2D eigenvalue weighted by Crippen LogP contribution is 2.18. The minimum absolute atomic E-state index is 0.121. The highest BCUT2D eigenvalue weighted by atomic mass is 16.5. The van der Waals surface area contributed by atoms with Gasteiger partial charge in [0.1, 0.15) is 5.69 Å². The van der Waals surface area contributed by atoms with E-state index in [0.29, 0.717) is 11.7 Å². The largest absolute Gasteiger partial charge is 0.379 e. The van der Waals surface area contributed by atoms with Crippen LogP contribution in [-0.4, -0.2) is 66.1 Å². The van der Waals surface area contributed by atoms with Crippen LogP contribution in [0.5, 0.6) is 0 Å². The lowest BCUT2D eigenvalue weighted by atomic mass is 10.2. The van der Waals surface area contributed by atoms with Crippen LogP contribution in [0.2, 0.25) is 0 Å². The van der Waals surface area contributed by atoms with Gasteiger partial charge in [-0.1, -0.05) is 0 Å². The maximum absolute atomic E-state index is 12.2. The van der Waals surface area contributed by atoms with E-state index in [1.165, 1.54) is 0 Å². The van der Waals surface area contributed by atoms with Crippen molar-refractivity contribution >= 4 is 5.91 Å². The van der Waals surface area contributed by atoms with Gasteiger partial charge in [-0.05, 0) is 18.6 Å². The molecule has 1 unspecified atom stereocenters. The summed E-state index contributed by atoms with van der Waals surface area (Å²) in [5.74, 6) is 0.121. The van der Waals surface area contributed by atoms with Crippen molar-refractivity contribution in [2.45, 2.75) is 12.5 Å². The lowest BCUT2D eigenvalue weighted by Crippen LogP contribution is -2.45. The third kappa shape index (κ3) is 2.28. The number of H-pyrrole nitrogens is 1. The van der Waals surface area contributed by atoms with E-state index in [0.717, 1.165) is 45.8 Å². The Balaban J connectivity index is 1.59. The van der Waals surface area contributed by atoms with Crippen molar-refractivity contribution in [2.75, 3.05) is 39.4 Å². The van der Waals surface area contributed by atoms with Gasteiger partial charge in [0.2, 0.25) is 0 Å². The van der Waals surface area contributed by atoms with Gasteiger partial charge in [0.05, 0.1) is 13.2 Å². The van der Waals surface area contributed by atoms with Crippen LogP contribution in [0.1, 0.15) is 16.9 Å². The molecule has 3 rings (SSSR count). The number of nitrogens with zero attached hydrogens (tertiary/aromatic N) is 2. The lowest BCUT2D eigenvalue weighted by Gasteiger charge is -2.32. The number of morpholine rings is 1. The molecule has 2 aliphatic rings. The van der Waals surface area contributed by atoms with Gasteiger partial charge < -0.3 is 14.6 Å². The third-order valence-corrected chi connectivity index (χ3v) is 3.84. The van der Waals surface area contributed by atoms with Crippen LogP contribution >= 0.6 is 0 Å². The highest BCUT2D eigenvalue weighted by molar-refractivity contribution is 5.92. The molecule has 0 aliphatic carbocycles. The molecule has 0 spiro atoms. The number of nitrogens with one attached hydrogen (secondary N) is 1. The van der Waals surface area contributed by atoms with E-state index in [1.807, 2.05) is 17.0 Å². The second kappa shape index (κ2) is 5.12. The molecule has 0 aromatic carbocycles. The average molecular weight is 249 g/mol. The first-order chi connectivity index (χ1) is 8.84. The molecule has 3 heterocycles. The monoisotopic (exact) mass is 249 g/mol. The smallest absolute Gasteiger partial charge is 0.270 e. The standard InChI is InChI=1S/C13H19N3O2/c17-13(12-2-1-4-14-12)16-5-3-11(10-16)15-6-8-18-9-7-15/h1-2,4,11,14H,3,5-10H2. The summed E-state index contributed by atoms with van der Waals surface area (Å²) < 4.78 is 5.37. The second-order valence-electron chi connectivity index (χ2n) is 4.93. The Morgan fingerprint density at radius 3 is 2.89 bits per heavy atom. The van der Waals surface area contributed by atoms with E-state index in [9.17, 15) is 4.79 Å². The van der Waals surface area contributed by atoms with E-state index < -0.39 is 0 Å². The number of likely N-dealkylation sites (tertiary alicyclic amines) is 1. The molecule has 1 amide bonds. The molecule has 1 aromatic heterocycles. The molecule has 0 radical (unpaired) electrons. The second-order valence-corrected chi connectivity index (χ2v) is 4.93. The van der Waals surface area contributed by atoms with E-state index in [4.69, 9.17) is 4.74 Å². The predicted molar refractivity (Wildman–Crippen MR) is 67.5 cm³/mol. The Hall–Kier alpha value is -1.33. The summed E-state index contributed by atoms with van der Waals surface area (Å²) in [6, 6.07) is 4.21. The van der Waals surface area contributed by atoms with Gasteiger partial charge in [-0.25, -0.2) is 0 Å². The van der Waals surface area contributed by atoms with Crippen LogP contribution < -0.4 is 0 Å². The first kappa shape index (κ1) is 11.7. The quantitative estimate of drug-likeness (QED) is 0.833. The molecule has 0 saturated carbocycles. The Bertz CT molecular complexity index is 398. The third-order valence-electron chi connectivity index (χ3n) is 3.84. The summed E-state index contributed by atoms with van der Waals surface area (Å²) in [6.07, 6.45) is 2.87. The number of carbonyl (C=O) groups excluding carboxylic acids is 1. The zero-order valence-corrected chi connectivity index (χ0v) is 10.5. The number of aromatic amines is 1. The van der Waals surface area contributed by atoms with Crippen molar-refractivity contribution < 1.29 is 9.53 Å². The van der Waals surface area contributed by atoms with Crippen LogP contribution in [0.15, 0.2) is 18.3 Å². The van der Waals surface area contributed by atoms with Crippen LogP contribution in [0, 0.1) is 0 Å². The van der Waals surface area contributed by atoms with Gasteiger partial charge >= 0.3 is 0 Å². The molecule has 98 valence electrons. The first-order valence-electron chi connectivity index (χ1n) is 6.59. The zero-order valence-electron chi connectivity index (χ0n) is 10.5. The van der Waals surface area contributed by atoms with Crippen molar-refractivity contribution in [3.63, 3.8) is 0 Å². The average Bonchev–Trinajstić information content (AvgIpc) is 3.10. The van der Waals surface area contributed by atoms with E-state index in [-0.39, 0.29) is 5.91 Å². The molecule has 5 heteroatoms. The van der Waals surface area contributed by atoms with Crippen LogP contribution in [0.25, 0.3) is 0 Å². The number of ether oxygens (including phenoxy) is 1. The zero-order chi connectivity index (χ0) is 12.4. The highest BCUT2D eigenvalue weighted by Gasteiger charge is 2.31. The van der Waals surface area contributed by atoms with Gasteiger partial charge in [0, 0.05) is 38.4 Å². The SMILES string of the molecule is O=C(c1ccc[nH]1)N1CCC(N2CCOCC2)C1. The Morgan fingerprint density at radius 2 is 2.17 bits per heavy atom. The number of aromatic nitrogens is 1. The molecule has 0 bridgehead atoms. The molecule has 1 atom stereocenters. The van der Waals surface area contributed by atoms with Crippen LogP contribution in [-0.2, 0) is 4.74 Å². The predicted octanol–water partition coefficient (Wildman–Crippen LogP) is 0.561. The van der Waals surface area contributed by atoms with Gasteiger partial charge in [-0.15, -0.1) is 0 Å². The summed E-state index contributed by atoms with van der Waals surface area (Å²) in [5.41, 5.74) is 0.692. The summed E-state index contributed by atoms with van der Waals surface area (Å²) in [4.78, 5) is 19.6. The first-order valence-corrected chi connectivity index (χ1v) is 6.59. The van der Waals surface area contributed by atoms with Gasteiger partial charge in [-0.3, -0.25) is 9.69 Å². The van der Waals surface area contributed by atoms with E-state index in [2.05, 4.69) is 9.88 Å². The summed E-state index contributed by atoms with van der Waals surface area (Å²) in [7, 11) is 0. The van der Waals surface area contributed by atoms with Crippen LogP contribution in [0.4, 0.5) is 0 Å². The Labute approximate surface area is 107 Å². The van der Waals surface area contributed by atoms with Crippen molar-refractivity contribution in [1.82, 2.24) is 14.8 Å². The summed E-state index contributed by atoms with van der Waals surface area (Å²) in [6.45, 7) is 5.34. The molecule has 2 aliphatic heterocycles. The molecular weight excluding hydrogens is 230 g/mol. The number of carbonyl (C=O) groups is 1. The fourth-order valence-electron chi connectivity index (χ4n) is 2.80. The summed E-state index contributed by atoms with van der Waals surface area (Å²) >= 11 is 0. The maximum Gasteiger partial charge on any atom is 0.270 e. The van der Waals surface area contributed by atoms with Crippen LogP contribution in [0.3, 0.4) is 0 Å². The molecular formula is C13H19N3O2. The maximum atomic E-state index is 12.2. The van der Waals surface area contributed by atoms with Gasteiger partial charge in [0.15, 0.2) is 0 Å². The topological polar surface area (TPSA) is 48.6 Å². The fraction of sp³-hybridized carbons (Fsp3) is 0.615. The van der Waals surface area contributed by atoms with E-state index >= 15 is 0 Å². The molecule has 2 fully saturated rings. The molecule has 18 heavy (non-hydrogen) atoms. The lowest BCUT2D eigenvalue weighted by molar-refractivity contribution is 0.0185. The molecule has 5 nitrogen and oxygen atoms in total. The van der Waals surface area contributed by atoms with Crippen molar-refractivity contribution in [1.29, 1.82) is 0 Å². The fourth-order valence-corrected chi connectivity index (χ4v) is 2.80. The van der Waals surface area contributed by atoms with Crippen molar-refractivity contribution in [3.05, 3.63) is 24.0 Å². The normalized spacial score (nSPS) is 25.6. The van der Waals surface area contributed by atoms with E-state index in [1.54, 1.807) is 6.20 Å². The molecule has 1 N–H and O–H groups in total. The number of hydrogen-bond donors (Lipinski definition) is 1. The molecule has 2 saturated heterocycles. The Morgan fingerprint density at radius 1 is 1.33 bits per heavy atom. The van der Waals surface area contributed by atoms with Crippen molar-refractivity contribution in [3.8, 4) is 0 Å². The minimum atomic E-state index is 0.121. The van der Waals surface area contributed by atoms with Gasteiger partial charge in [0.25, 0.3) is 5.91 Å².